The van der Waals surface area contributed by atoms with Gasteiger partial charge in [0.25, 0.3) is 5.91 Å². The third kappa shape index (κ3) is 5.43. The Morgan fingerprint density at radius 2 is 1.76 bits per heavy atom. The molecule has 178 valence electrons. The van der Waals surface area contributed by atoms with Gasteiger partial charge in [-0.1, -0.05) is 6.42 Å². The second kappa shape index (κ2) is 10.0. The number of alkyl halides is 3. The van der Waals surface area contributed by atoms with Crippen molar-refractivity contribution >= 4 is 11.6 Å². The number of benzene rings is 2. The molecular weight excluding hydrogens is 433 g/mol. The fourth-order valence-electron chi connectivity index (χ4n) is 4.53. The lowest BCUT2D eigenvalue weighted by atomic mass is 10.1. The van der Waals surface area contributed by atoms with E-state index < -0.39 is 11.7 Å². The Balaban J connectivity index is 1.38. The van der Waals surface area contributed by atoms with E-state index in [0.717, 1.165) is 32.1 Å². The van der Waals surface area contributed by atoms with Crippen LogP contribution >= 0.6 is 0 Å². The molecule has 8 heteroatoms. The summed E-state index contributed by atoms with van der Waals surface area (Å²) < 4.78 is 51.0. The summed E-state index contributed by atoms with van der Waals surface area (Å²) in [7, 11) is 1.21. The average Bonchev–Trinajstić information content (AvgIpc) is 3.24. The minimum atomic E-state index is -4.56. The third-order valence-electron chi connectivity index (χ3n) is 6.28. The summed E-state index contributed by atoms with van der Waals surface area (Å²) in [5.41, 5.74) is 0.484. The number of carbonyl (C=O) groups is 1. The predicted octanol–water partition coefficient (Wildman–Crippen LogP) is 5.17. The summed E-state index contributed by atoms with van der Waals surface area (Å²) in [6.07, 6.45) is 0.708. The van der Waals surface area contributed by atoms with Gasteiger partial charge in [0.2, 0.25) is 0 Å². The van der Waals surface area contributed by atoms with Gasteiger partial charge in [-0.3, -0.25) is 4.79 Å². The molecular formula is C25H29F3N2O3. The number of piperidine rings is 1. The highest BCUT2D eigenvalue weighted by atomic mass is 19.4. The van der Waals surface area contributed by atoms with Crippen LogP contribution in [0.15, 0.2) is 36.4 Å². The maximum absolute atomic E-state index is 13.4. The number of hydrogen-bond acceptors (Lipinski definition) is 4. The van der Waals surface area contributed by atoms with E-state index in [1.165, 1.54) is 37.3 Å². The third-order valence-corrected chi connectivity index (χ3v) is 6.28. The molecule has 2 aliphatic rings. The van der Waals surface area contributed by atoms with Gasteiger partial charge in [0.15, 0.2) is 0 Å². The number of rotatable bonds is 7. The number of halogens is 3. The minimum Gasteiger partial charge on any atom is -0.496 e. The van der Waals surface area contributed by atoms with Gasteiger partial charge in [-0.2, -0.15) is 13.2 Å². The van der Waals surface area contributed by atoms with E-state index in [2.05, 4.69) is 4.90 Å². The van der Waals surface area contributed by atoms with Gasteiger partial charge in [0, 0.05) is 24.3 Å². The topological polar surface area (TPSA) is 42.0 Å². The van der Waals surface area contributed by atoms with E-state index in [4.69, 9.17) is 9.47 Å². The van der Waals surface area contributed by atoms with E-state index in [1.807, 2.05) is 0 Å². The predicted molar refractivity (Wildman–Crippen MR) is 120 cm³/mol. The van der Waals surface area contributed by atoms with Crippen LogP contribution in [0.25, 0.3) is 0 Å². The highest BCUT2D eigenvalue weighted by Crippen LogP contribution is 2.42. The summed E-state index contributed by atoms with van der Waals surface area (Å²) in [5, 5.41) is 0. The number of anilines is 1. The molecule has 0 bridgehead atoms. The molecule has 0 unspecified atom stereocenters. The van der Waals surface area contributed by atoms with Crippen LogP contribution in [-0.2, 0) is 12.6 Å². The van der Waals surface area contributed by atoms with Crippen molar-refractivity contribution in [1.82, 2.24) is 4.90 Å². The molecule has 0 aliphatic carbocycles. The number of fused-ring (bicyclic) bond motifs is 1. The number of carbonyl (C=O) groups excluding carboxylic acids is 1. The van der Waals surface area contributed by atoms with E-state index in [0.29, 0.717) is 36.4 Å². The number of ether oxygens (including phenoxy) is 2. The lowest BCUT2D eigenvalue weighted by molar-refractivity contribution is -0.138. The summed E-state index contributed by atoms with van der Waals surface area (Å²) in [6.45, 7) is 4.27. The lowest BCUT2D eigenvalue weighted by Gasteiger charge is -2.26. The Morgan fingerprint density at radius 3 is 2.42 bits per heavy atom. The first-order valence-electron chi connectivity index (χ1n) is 11.4. The number of nitrogens with zero attached hydrogens (tertiary/aromatic N) is 2. The fraction of sp³-hybridized carbons (Fsp3) is 0.480. The van der Waals surface area contributed by atoms with Crippen LogP contribution in [0.3, 0.4) is 0 Å². The van der Waals surface area contributed by atoms with Crippen molar-refractivity contribution in [3.63, 3.8) is 0 Å². The van der Waals surface area contributed by atoms with E-state index >= 15 is 0 Å². The summed E-state index contributed by atoms with van der Waals surface area (Å²) in [4.78, 5) is 16.9. The molecule has 1 amide bonds. The highest BCUT2D eigenvalue weighted by Gasteiger charge is 2.37. The average molecular weight is 463 g/mol. The van der Waals surface area contributed by atoms with Crippen LogP contribution in [0.4, 0.5) is 18.9 Å². The number of hydrogen-bond donors (Lipinski definition) is 0. The van der Waals surface area contributed by atoms with Crippen LogP contribution in [0.1, 0.15) is 47.2 Å². The van der Waals surface area contributed by atoms with Crippen molar-refractivity contribution < 1.29 is 27.4 Å². The van der Waals surface area contributed by atoms with Crippen LogP contribution in [0, 0.1) is 0 Å². The number of methoxy groups -OCH3 is 1. The maximum Gasteiger partial charge on any atom is 0.420 e. The molecule has 0 aromatic heterocycles. The zero-order valence-electron chi connectivity index (χ0n) is 18.8. The molecule has 1 fully saturated rings. The van der Waals surface area contributed by atoms with Crippen LogP contribution in [-0.4, -0.2) is 50.7 Å². The zero-order valence-corrected chi connectivity index (χ0v) is 18.8. The van der Waals surface area contributed by atoms with Crippen molar-refractivity contribution in [2.24, 2.45) is 0 Å². The Hall–Kier alpha value is -2.74. The number of amides is 1. The fourth-order valence-corrected chi connectivity index (χ4v) is 4.53. The van der Waals surface area contributed by atoms with Crippen LogP contribution in [0.2, 0.25) is 0 Å². The second-order valence-corrected chi connectivity index (χ2v) is 8.51. The summed E-state index contributed by atoms with van der Waals surface area (Å²) in [6, 6.07) is 9.19. The quantitative estimate of drug-likeness (QED) is 0.533. The van der Waals surface area contributed by atoms with Gasteiger partial charge in [0.1, 0.15) is 11.5 Å². The molecule has 1 saturated heterocycles. The molecule has 2 heterocycles. The molecule has 0 saturated carbocycles. The summed E-state index contributed by atoms with van der Waals surface area (Å²) >= 11 is 0. The molecule has 0 spiro atoms. The SMILES string of the molecule is COc1cc2c(cc1C(F)(F)F)N(C(=O)c1ccc(OCCCN3CCCCC3)cc1)CC2. The monoisotopic (exact) mass is 462 g/mol. The second-order valence-electron chi connectivity index (χ2n) is 8.51. The van der Waals surface area contributed by atoms with Gasteiger partial charge < -0.3 is 19.3 Å². The normalized spacial score (nSPS) is 16.5. The standard InChI is InChI=1S/C25H29F3N2O3/c1-32-23-16-19-10-14-30(22(19)17-21(23)25(26,27)28)24(31)18-6-8-20(9-7-18)33-15-5-13-29-11-3-2-4-12-29/h6-9,16-17H,2-5,10-15H2,1H3. The van der Waals surface area contributed by atoms with Gasteiger partial charge >= 0.3 is 6.18 Å². The highest BCUT2D eigenvalue weighted by molar-refractivity contribution is 6.07. The van der Waals surface area contributed by atoms with E-state index in [1.54, 1.807) is 24.3 Å². The van der Waals surface area contributed by atoms with Gasteiger partial charge in [0.05, 0.1) is 19.3 Å². The van der Waals surface area contributed by atoms with Crippen LogP contribution in [0.5, 0.6) is 11.5 Å². The molecule has 2 aliphatic heterocycles. The van der Waals surface area contributed by atoms with Crippen molar-refractivity contribution in [3.8, 4) is 11.5 Å². The molecule has 0 N–H and O–H groups in total. The minimum absolute atomic E-state index is 0.225. The molecule has 4 rings (SSSR count). The van der Waals surface area contributed by atoms with Crippen molar-refractivity contribution in [3.05, 3.63) is 53.1 Å². The van der Waals surface area contributed by atoms with Crippen molar-refractivity contribution in [2.75, 3.05) is 44.8 Å². The number of likely N-dealkylation sites (tertiary alicyclic amines) is 1. The van der Waals surface area contributed by atoms with Gasteiger partial charge in [-0.25, -0.2) is 0 Å². The smallest absolute Gasteiger partial charge is 0.420 e. The Kier molecular flexibility index (Phi) is 7.12. The van der Waals surface area contributed by atoms with E-state index in [-0.39, 0.29) is 17.3 Å². The van der Waals surface area contributed by atoms with Crippen LogP contribution < -0.4 is 14.4 Å². The Bertz CT molecular complexity index is 970. The molecule has 33 heavy (non-hydrogen) atoms. The maximum atomic E-state index is 13.4. The largest absolute Gasteiger partial charge is 0.496 e. The van der Waals surface area contributed by atoms with E-state index in [9.17, 15) is 18.0 Å². The van der Waals surface area contributed by atoms with Crippen molar-refractivity contribution in [2.45, 2.75) is 38.3 Å². The molecule has 0 radical (unpaired) electrons. The summed E-state index contributed by atoms with van der Waals surface area (Å²) in [5.74, 6) is 0.122. The molecule has 2 aromatic rings. The first-order chi connectivity index (χ1) is 15.9. The Labute approximate surface area is 192 Å². The van der Waals surface area contributed by atoms with Gasteiger partial charge in [-0.05, 0) is 80.7 Å². The lowest BCUT2D eigenvalue weighted by Crippen LogP contribution is -2.31. The first kappa shape index (κ1) is 23.4. The first-order valence-corrected chi connectivity index (χ1v) is 11.4. The Morgan fingerprint density at radius 1 is 1.03 bits per heavy atom. The van der Waals surface area contributed by atoms with Gasteiger partial charge in [-0.15, -0.1) is 0 Å². The molecule has 5 nitrogen and oxygen atoms in total. The zero-order chi connectivity index (χ0) is 23.4. The molecule has 2 aromatic carbocycles. The van der Waals surface area contributed by atoms with Crippen molar-refractivity contribution in [1.29, 1.82) is 0 Å². The molecule has 0 atom stereocenters.